The number of nitrogens with two attached hydrogens (primary N) is 1. The number of rotatable bonds is 2. The average Bonchev–Trinajstić information content (AvgIpc) is 2.75. The molecule has 0 saturated heterocycles. The van der Waals surface area contributed by atoms with Crippen LogP contribution in [0.1, 0.15) is 18.9 Å². The quantitative estimate of drug-likeness (QED) is 0.754. The smallest absolute Gasteiger partial charge is 0.200 e. The fourth-order valence-electron chi connectivity index (χ4n) is 1.78. The summed E-state index contributed by atoms with van der Waals surface area (Å²) < 4.78 is 2.12. The number of aromatic nitrogens is 3. The summed E-state index contributed by atoms with van der Waals surface area (Å²) in [7, 11) is 0. The maximum absolute atomic E-state index is 5.83. The lowest BCUT2D eigenvalue weighted by atomic mass is 10.3. The van der Waals surface area contributed by atoms with Gasteiger partial charge in [-0.25, -0.2) is 4.98 Å². The summed E-state index contributed by atoms with van der Waals surface area (Å²) in [6.07, 6.45) is 6.18. The fraction of sp³-hybridized carbons (Fsp3) is 0.300. The molecule has 1 aliphatic rings. The lowest BCUT2D eigenvalue weighted by Gasteiger charge is -2.06. The second-order valence-corrected chi connectivity index (χ2v) is 3.69. The molecule has 1 aliphatic carbocycles. The minimum atomic E-state index is 0.566. The van der Waals surface area contributed by atoms with Crippen LogP contribution in [0.15, 0.2) is 24.5 Å². The predicted molar refractivity (Wildman–Crippen MR) is 54.7 cm³/mol. The van der Waals surface area contributed by atoms with Crippen molar-refractivity contribution in [3.8, 4) is 11.4 Å². The van der Waals surface area contributed by atoms with Crippen molar-refractivity contribution in [2.24, 2.45) is 0 Å². The molecular weight excluding hydrogens is 176 g/mol. The highest BCUT2D eigenvalue weighted by atomic mass is 15.2. The Kier molecular flexibility index (Phi) is 1.45. The van der Waals surface area contributed by atoms with Crippen LogP contribution in [0.4, 0.5) is 5.95 Å². The predicted octanol–water partition coefficient (Wildman–Crippen LogP) is 1.80. The summed E-state index contributed by atoms with van der Waals surface area (Å²) in [5, 5.41) is 0. The molecule has 0 aliphatic heterocycles. The number of anilines is 1. The van der Waals surface area contributed by atoms with Gasteiger partial charge in [-0.05, 0) is 25.0 Å². The molecule has 0 spiro atoms. The van der Waals surface area contributed by atoms with Gasteiger partial charge in [-0.1, -0.05) is 0 Å². The Bertz CT molecular complexity index is 437. The lowest BCUT2D eigenvalue weighted by Crippen LogP contribution is -2.02. The van der Waals surface area contributed by atoms with E-state index in [2.05, 4.69) is 14.5 Å². The van der Waals surface area contributed by atoms with Crippen LogP contribution in [0.25, 0.3) is 11.4 Å². The van der Waals surface area contributed by atoms with Gasteiger partial charge < -0.3 is 15.3 Å². The van der Waals surface area contributed by atoms with Crippen molar-refractivity contribution in [1.82, 2.24) is 14.5 Å². The molecule has 3 N–H and O–H groups in total. The summed E-state index contributed by atoms with van der Waals surface area (Å²) in [4.78, 5) is 7.33. The second kappa shape index (κ2) is 2.64. The second-order valence-electron chi connectivity index (χ2n) is 3.69. The SMILES string of the molecule is Nc1ncc(-c2ccc[nH]2)n1C1CC1. The topological polar surface area (TPSA) is 59.6 Å². The number of nitrogens with zero attached hydrogens (tertiary/aromatic N) is 2. The van der Waals surface area contributed by atoms with Crippen molar-refractivity contribution in [1.29, 1.82) is 0 Å². The number of imidazole rings is 1. The third kappa shape index (κ3) is 1.04. The molecule has 2 heterocycles. The van der Waals surface area contributed by atoms with Crippen molar-refractivity contribution >= 4 is 5.95 Å². The van der Waals surface area contributed by atoms with Gasteiger partial charge in [0.2, 0.25) is 5.95 Å². The van der Waals surface area contributed by atoms with Crippen LogP contribution < -0.4 is 5.73 Å². The van der Waals surface area contributed by atoms with E-state index in [-0.39, 0.29) is 0 Å². The van der Waals surface area contributed by atoms with Crippen LogP contribution in [-0.2, 0) is 0 Å². The normalized spacial score (nSPS) is 16.0. The Morgan fingerprint density at radius 2 is 2.36 bits per heavy atom. The zero-order valence-corrected chi connectivity index (χ0v) is 7.77. The standard InChI is InChI=1S/C10H12N4/c11-10-13-6-9(8-2-1-5-12-8)14(10)7-3-4-7/h1-2,5-7,12H,3-4H2,(H2,11,13). The Balaban J connectivity index is 2.13. The summed E-state index contributed by atoms with van der Waals surface area (Å²) >= 11 is 0. The van der Waals surface area contributed by atoms with Crippen LogP contribution in [-0.4, -0.2) is 14.5 Å². The molecule has 1 fully saturated rings. The van der Waals surface area contributed by atoms with Crippen LogP contribution in [0.5, 0.6) is 0 Å². The fourth-order valence-corrected chi connectivity index (χ4v) is 1.78. The average molecular weight is 188 g/mol. The zero-order chi connectivity index (χ0) is 9.54. The molecule has 0 bridgehead atoms. The molecule has 4 nitrogen and oxygen atoms in total. The summed E-state index contributed by atoms with van der Waals surface area (Å²) in [6.45, 7) is 0. The molecule has 0 amide bonds. The number of hydrogen-bond acceptors (Lipinski definition) is 2. The third-order valence-corrected chi connectivity index (χ3v) is 2.61. The summed E-state index contributed by atoms with van der Waals surface area (Å²) in [6, 6.07) is 4.58. The van der Waals surface area contributed by atoms with Gasteiger partial charge in [-0.3, -0.25) is 0 Å². The van der Waals surface area contributed by atoms with Crippen LogP contribution in [0, 0.1) is 0 Å². The van der Waals surface area contributed by atoms with Gasteiger partial charge in [-0.2, -0.15) is 0 Å². The number of aromatic amines is 1. The van der Waals surface area contributed by atoms with Gasteiger partial charge in [0.25, 0.3) is 0 Å². The molecule has 3 rings (SSSR count). The van der Waals surface area contributed by atoms with Gasteiger partial charge in [-0.15, -0.1) is 0 Å². The van der Waals surface area contributed by atoms with E-state index in [0.29, 0.717) is 12.0 Å². The van der Waals surface area contributed by atoms with Crippen molar-refractivity contribution < 1.29 is 0 Å². The Morgan fingerprint density at radius 3 is 3.00 bits per heavy atom. The van der Waals surface area contributed by atoms with E-state index in [1.807, 2.05) is 24.5 Å². The van der Waals surface area contributed by atoms with E-state index < -0.39 is 0 Å². The highest BCUT2D eigenvalue weighted by Gasteiger charge is 2.28. The van der Waals surface area contributed by atoms with Crippen molar-refractivity contribution in [3.05, 3.63) is 24.5 Å². The number of hydrogen-bond donors (Lipinski definition) is 2. The number of H-pyrrole nitrogens is 1. The molecule has 0 radical (unpaired) electrons. The maximum Gasteiger partial charge on any atom is 0.200 e. The Hall–Kier alpha value is -1.71. The molecule has 0 atom stereocenters. The summed E-state index contributed by atoms with van der Waals surface area (Å²) in [5.41, 5.74) is 8.00. The first kappa shape index (κ1) is 7.67. The maximum atomic E-state index is 5.83. The molecule has 0 unspecified atom stereocenters. The van der Waals surface area contributed by atoms with E-state index in [1.54, 1.807) is 0 Å². The Morgan fingerprint density at radius 1 is 1.50 bits per heavy atom. The largest absolute Gasteiger partial charge is 0.369 e. The van der Waals surface area contributed by atoms with Crippen LogP contribution >= 0.6 is 0 Å². The van der Waals surface area contributed by atoms with Crippen LogP contribution in [0.2, 0.25) is 0 Å². The van der Waals surface area contributed by atoms with E-state index in [9.17, 15) is 0 Å². The number of nitrogens with one attached hydrogen (secondary N) is 1. The minimum absolute atomic E-state index is 0.566. The first-order valence-corrected chi connectivity index (χ1v) is 4.83. The molecule has 2 aromatic heterocycles. The Labute approximate surface area is 81.8 Å². The van der Waals surface area contributed by atoms with Gasteiger partial charge in [0.1, 0.15) is 0 Å². The van der Waals surface area contributed by atoms with Crippen LogP contribution in [0.3, 0.4) is 0 Å². The highest BCUT2D eigenvalue weighted by molar-refractivity contribution is 5.57. The van der Waals surface area contributed by atoms with Gasteiger partial charge in [0.15, 0.2) is 0 Å². The lowest BCUT2D eigenvalue weighted by molar-refractivity contribution is 0.759. The first-order chi connectivity index (χ1) is 6.86. The van der Waals surface area contributed by atoms with Gasteiger partial charge >= 0.3 is 0 Å². The molecule has 1 saturated carbocycles. The van der Waals surface area contributed by atoms with Crippen molar-refractivity contribution in [2.75, 3.05) is 5.73 Å². The zero-order valence-electron chi connectivity index (χ0n) is 7.77. The number of nitrogen functional groups attached to an aromatic ring is 1. The summed E-state index contributed by atoms with van der Waals surface area (Å²) in [5.74, 6) is 0.622. The first-order valence-electron chi connectivity index (χ1n) is 4.83. The molecule has 2 aromatic rings. The van der Waals surface area contributed by atoms with E-state index in [1.165, 1.54) is 12.8 Å². The molecular formula is C10H12N4. The monoisotopic (exact) mass is 188 g/mol. The highest BCUT2D eigenvalue weighted by Crippen LogP contribution is 2.39. The minimum Gasteiger partial charge on any atom is -0.369 e. The van der Waals surface area contributed by atoms with E-state index in [0.717, 1.165) is 11.4 Å². The van der Waals surface area contributed by atoms with Gasteiger partial charge in [0, 0.05) is 12.2 Å². The molecule has 0 aromatic carbocycles. The van der Waals surface area contributed by atoms with Crippen molar-refractivity contribution in [2.45, 2.75) is 18.9 Å². The molecule has 72 valence electrons. The third-order valence-electron chi connectivity index (χ3n) is 2.61. The van der Waals surface area contributed by atoms with Gasteiger partial charge in [0.05, 0.1) is 17.6 Å². The van der Waals surface area contributed by atoms with Crippen molar-refractivity contribution in [3.63, 3.8) is 0 Å². The molecule has 4 heteroatoms. The van der Waals surface area contributed by atoms with E-state index >= 15 is 0 Å². The molecule has 14 heavy (non-hydrogen) atoms. The van der Waals surface area contributed by atoms with E-state index in [4.69, 9.17) is 5.73 Å².